The van der Waals surface area contributed by atoms with Gasteiger partial charge in [-0.05, 0) is 13.3 Å². The molecule has 25 heavy (non-hydrogen) atoms. The first-order valence-corrected chi connectivity index (χ1v) is 9.18. The fourth-order valence-corrected chi connectivity index (χ4v) is 5.43. The summed E-state index contributed by atoms with van der Waals surface area (Å²) in [6.45, 7) is 4.14. The molecule has 0 radical (unpaired) electrons. The van der Waals surface area contributed by atoms with Crippen molar-refractivity contribution < 1.29 is 24.2 Å². The monoisotopic (exact) mass is 369 g/mol. The summed E-state index contributed by atoms with van der Waals surface area (Å²) in [5.74, 6) is -1.77. The second kappa shape index (κ2) is 6.62. The summed E-state index contributed by atoms with van der Waals surface area (Å²) < 4.78 is 4.88. The quantitative estimate of drug-likeness (QED) is 0.427. The van der Waals surface area contributed by atoms with Crippen molar-refractivity contribution in [2.75, 3.05) is 13.7 Å². The summed E-state index contributed by atoms with van der Waals surface area (Å²) in [5.41, 5.74) is 5.61. The van der Waals surface area contributed by atoms with Gasteiger partial charge in [0.15, 0.2) is 0 Å². The number of esters is 1. The lowest BCUT2D eigenvalue weighted by molar-refractivity contribution is -0.163. The van der Waals surface area contributed by atoms with E-state index in [1.807, 2.05) is 6.92 Å². The standard InChI is InChI=1S/C16H23N3O5S/c1-6-11-10(7(2)20)15(22)19(11)12(16(23)24-3)13(6)25-8-4-9(14(17)21)18-5-8/h6-11,18,20H,4-5H2,1-3H3,(H2,17,21). The number of thioether (sulfide) groups is 1. The number of nitrogens with zero attached hydrogens (tertiary/aromatic N) is 1. The van der Waals surface area contributed by atoms with Crippen molar-refractivity contribution in [1.82, 2.24) is 10.2 Å². The third-order valence-corrected chi connectivity index (χ3v) is 6.73. The number of nitrogens with one attached hydrogen (secondary N) is 1. The number of rotatable bonds is 5. The molecule has 0 aromatic rings. The summed E-state index contributed by atoms with van der Waals surface area (Å²) in [7, 11) is 1.28. The molecule has 0 aromatic carbocycles. The second-order valence-electron chi connectivity index (χ2n) is 6.80. The maximum absolute atomic E-state index is 12.4. The zero-order chi connectivity index (χ0) is 18.5. The molecule has 6 atom stereocenters. The van der Waals surface area contributed by atoms with E-state index in [0.29, 0.717) is 13.0 Å². The summed E-state index contributed by atoms with van der Waals surface area (Å²) in [4.78, 5) is 38.3. The molecule has 0 spiro atoms. The summed E-state index contributed by atoms with van der Waals surface area (Å²) >= 11 is 1.49. The Labute approximate surface area is 150 Å². The van der Waals surface area contributed by atoms with Gasteiger partial charge in [-0.3, -0.25) is 9.59 Å². The molecule has 9 heteroatoms. The number of hydrogen-bond donors (Lipinski definition) is 3. The minimum atomic E-state index is -0.771. The topological polar surface area (TPSA) is 122 Å². The fraction of sp³-hybridized carbons (Fsp3) is 0.688. The molecular formula is C16H23N3O5S. The first-order chi connectivity index (χ1) is 11.8. The molecular weight excluding hydrogens is 346 g/mol. The van der Waals surface area contributed by atoms with Gasteiger partial charge in [0.25, 0.3) is 0 Å². The number of nitrogens with two attached hydrogens (primary N) is 1. The maximum Gasteiger partial charge on any atom is 0.355 e. The number of primary amides is 1. The van der Waals surface area contributed by atoms with E-state index in [-0.39, 0.29) is 34.9 Å². The Balaban J connectivity index is 1.85. The van der Waals surface area contributed by atoms with Crippen LogP contribution in [0.25, 0.3) is 0 Å². The maximum atomic E-state index is 12.4. The smallest absolute Gasteiger partial charge is 0.355 e. The van der Waals surface area contributed by atoms with Gasteiger partial charge in [-0.15, -0.1) is 11.8 Å². The lowest BCUT2D eigenvalue weighted by Gasteiger charge is -2.46. The van der Waals surface area contributed by atoms with Gasteiger partial charge in [0.2, 0.25) is 11.8 Å². The van der Waals surface area contributed by atoms with E-state index in [1.54, 1.807) is 6.92 Å². The van der Waals surface area contributed by atoms with Crippen LogP contribution < -0.4 is 11.1 Å². The molecule has 3 rings (SSSR count). The van der Waals surface area contributed by atoms with E-state index in [0.717, 1.165) is 4.91 Å². The average Bonchev–Trinajstić information content (AvgIpc) is 3.10. The highest BCUT2D eigenvalue weighted by Gasteiger charge is 2.60. The predicted octanol–water partition coefficient (Wildman–Crippen LogP) is -0.822. The number of fused-ring (bicyclic) bond motifs is 1. The first-order valence-electron chi connectivity index (χ1n) is 8.30. The summed E-state index contributed by atoms with van der Waals surface area (Å²) in [6, 6.07) is -0.606. The predicted molar refractivity (Wildman–Crippen MR) is 91.0 cm³/mol. The Bertz CT molecular complexity index is 650. The van der Waals surface area contributed by atoms with Crippen LogP contribution in [-0.2, 0) is 19.1 Å². The van der Waals surface area contributed by atoms with E-state index in [1.165, 1.54) is 23.8 Å². The summed E-state index contributed by atoms with van der Waals surface area (Å²) in [5, 5.41) is 13.1. The third kappa shape index (κ3) is 2.84. The van der Waals surface area contributed by atoms with Gasteiger partial charge < -0.3 is 25.8 Å². The van der Waals surface area contributed by atoms with Crippen molar-refractivity contribution in [2.24, 2.45) is 17.6 Å². The van der Waals surface area contributed by atoms with Gasteiger partial charge in [0.1, 0.15) is 5.70 Å². The fourth-order valence-electron chi connectivity index (χ4n) is 3.96. The number of carbonyl (C=O) groups is 3. The van der Waals surface area contributed by atoms with Crippen molar-refractivity contribution in [3.63, 3.8) is 0 Å². The second-order valence-corrected chi connectivity index (χ2v) is 8.14. The van der Waals surface area contributed by atoms with Gasteiger partial charge >= 0.3 is 5.97 Å². The lowest BCUT2D eigenvalue weighted by Crippen LogP contribution is -2.63. The van der Waals surface area contributed by atoms with Crippen molar-refractivity contribution in [2.45, 2.75) is 43.7 Å². The minimum absolute atomic E-state index is 0.0772. The van der Waals surface area contributed by atoms with Crippen molar-refractivity contribution in [1.29, 1.82) is 0 Å². The molecule has 2 amide bonds. The molecule has 138 valence electrons. The highest BCUT2D eigenvalue weighted by Crippen LogP contribution is 2.52. The van der Waals surface area contributed by atoms with Crippen LogP contribution >= 0.6 is 11.8 Å². The molecule has 3 heterocycles. The van der Waals surface area contributed by atoms with Crippen LogP contribution in [0.3, 0.4) is 0 Å². The molecule has 6 unspecified atom stereocenters. The van der Waals surface area contributed by atoms with Gasteiger partial charge in [-0.2, -0.15) is 0 Å². The number of methoxy groups -OCH3 is 1. The molecule has 0 aliphatic carbocycles. The molecule has 0 aromatic heterocycles. The lowest BCUT2D eigenvalue weighted by atomic mass is 9.79. The van der Waals surface area contributed by atoms with Crippen LogP contribution in [0.4, 0.5) is 0 Å². The number of ether oxygens (including phenoxy) is 1. The van der Waals surface area contributed by atoms with Gasteiger partial charge in [0.05, 0.1) is 31.2 Å². The Morgan fingerprint density at radius 3 is 2.68 bits per heavy atom. The van der Waals surface area contributed by atoms with Crippen LogP contribution in [0, 0.1) is 11.8 Å². The van der Waals surface area contributed by atoms with Crippen LogP contribution in [0.15, 0.2) is 10.6 Å². The van der Waals surface area contributed by atoms with Crippen LogP contribution in [0.5, 0.6) is 0 Å². The number of carbonyl (C=O) groups excluding carboxylic acids is 3. The molecule has 3 aliphatic rings. The minimum Gasteiger partial charge on any atom is -0.464 e. The van der Waals surface area contributed by atoms with Crippen LogP contribution in [0.2, 0.25) is 0 Å². The van der Waals surface area contributed by atoms with Gasteiger partial charge in [-0.25, -0.2) is 4.79 Å². The Kier molecular flexibility index (Phi) is 4.82. The zero-order valence-electron chi connectivity index (χ0n) is 14.4. The van der Waals surface area contributed by atoms with E-state index in [4.69, 9.17) is 10.5 Å². The summed E-state index contributed by atoms with van der Waals surface area (Å²) in [6.07, 6.45) is -0.199. The largest absolute Gasteiger partial charge is 0.464 e. The number of aliphatic hydroxyl groups is 1. The van der Waals surface area contributed by atoms with E-state index >= 15 is 0 Å². The average molecular weight is 369 g/mol. The van der Waals surface area contributed by atoms with Crippen molar-refractivity contribution in [3.05, 3.63) is 10.6 Å². The van der Waals surface area contributed by atoms with E-state index in [9.17, 15) is 19.5 Å². The molecule has 4 N–H and O–H groups in total. The van der Waals surface area contributed by atoms with Gasteiger partial charge in [-0.1, -0.05) is 6.92 Å². The van der Waals surface area contributed by atoms with E-state index < -0.39 is 23.9 Å². The molecule has 2 fully saturated rings. The van der Waals surface area contributed by atoms with Crippen molar-refractivity contribution >= 4 is 29.5 Å². The SMILES string of the molecule is COC(=O)C1=C(SC2CNC(C(N)=O)C2)C(C)C2C(C(C)O)C(=O)N12. The number of aliphatic hydroxyl groups excluding tert-OH is 1. The van der Waals surface area contributed by atoms with Gasteiger partial charge in [0, 0.05) is 22.6 Å². The normalized spacial score (nSPS) is 35.4. The zero-order valence-corrected chi connectivity index (χ0v) is 15.2. The molecule has 8 nitrogen and oxygen atoms in total. The molecule has 2 saturated heterocycles. The van der Waals surface area contributed by atoms with Crippen LogP contribution in [0.1, 0.15) is 20.3 Å². The highest BCUT2D eigenvalue weighted by molar-refractivity contribution is 8.03. The van der Waals surface area contributed by atoms with E-state index in [2.05, 4.69) is 5.32 Å². The third-order valence-electron chi connectivity index (χ3n) is 5.21. The Morgan fingerprint density at radius 1 is 1.48 bits per heavy atom. The Morgan fingerprint density at radius 2 is 2.16 bits per heavy atom. The van der Waals surface area contributed by atoms with Crippen LogP contribution in [-0.4, -0.2) is 64.9 Å². The molecule has 0 bridgehead atoms. The van der Waals surface area contributed by atoms with Crippen molar-refractivity contribution in [3.8, 4) is 0 Å². The number of β-lactam (4-membered cyclic amide) rings is 1. The molecule has 0 saturated carbocycles. The highest BCUT2D eigenvalue weighted by atomic mass is 32.2. The number of amides is 2. The molecule has 3 aliphatic heterocycles. The first kappa shape index (κ1) is 18.2. The Hall–Kier alpha value is -1.58. The number of hydrogen-bond acceptors (Lipinski definition) is 7.